The molecule has 0 aliphatic heterocycles. The summed E-state index contributed by atoms with van der Waals surface area (Å²) >= 11 is 6.15. The first-order valence-electron chi connectivity index (χ1n) is 6.50. The third-order valence-electron chi connectivity index (χ3n) is 3.40. The third kappa shape index (κ3) is 2.43. The molecule has 106 valence electrons. The highest BCUT2D eigenvalue weighted by molar-refractivity contribution is 6.31. The molecule has 1 heterocycles. The average molecular weight is 302 g/mol. The normalized spacial score (nSPS) is 10.9. The van der Waals surface area contributed by atoms with Crippen LogP contribution in [0, 0.1) is 12.7 Å². The standard InChI is InChI=1S/C16H13ClFN3/c1-9-11(4-3-5-13(9)17)16-20-14-8-10(18)6-7-12(14)15(19-2)21-16/h3-8H,1-2H3,(H,19,20,21). The number of hydrogen-bond acceptors (Lipinski definition) is 3. The van der Waals surface area contributed by atoms with Crippen molar-refractivity contribution in [2.75, 3.05) is 12.4 Å². The number of aromatic nitrogens is 2. The van der Waals surface area contributed by atoms with Crippen LogP contribution in [0.5, 0.6) is 0 Å². The van der Waals surface area contributed by atoms with Crippen LogP contribution in [-0.4, -0.2) is 17.0 Å². The highest BCUT2D eigenvalue weighted by Gasteiger charge is 2.12. The van der Waals surface area contributed by atoms with Crippen molar-refractivity contribution >= 4 is 28.3 Å². The Labute approximate surface area is 126 Å². The summed E-state index contributed by atoms with van der Waals surface area (Å²) in [5.41, 5.74) is 2.30. The molecular formula is C16H13ClFN3. The summed E-state index contributed by atoms with van der Waals surface area (Å²) in [5.74, 6) is 0.865. The molecule has 3 aromatic rings. The van der Waals surface area contributed by atoms with Gasteiger partial charge >= 0.3 is 0 Å². The molecule has 0 bridgehead atoms. The summed E-state index contributed by atoms with van der Waals surface area (Å²) in [6.07, 6.45) is 0. The Hall–Kier alpha value is -2.20. The van der Waals surface area contributed by atoms with Gasteiger partial charge in [-0.2, -0.15) is 0 Å². The summed E-state index contributed by atoms with van der Waals surface area (Å²) < 4.78 is 13.4. The van der Waals surface area contributed by atoms with Gasteiger partial charge in [0.2, 0.25) is 0 Å². The molecular weight excluding hydrogens is 289 g/mol. The second kappa shape index (κ2) is 5.30. The van der Waals surface area contributed by atoms with Gasteiger partial charge in [0.25, 0.3) is 0 Å². The number of nitrogens with one attached hydrogen (secondary N) is 1. The molecule has 0 amide bonds. The van der Waals surface area contributed by atoms with Crippen LogP contribution in [0.25, 0.3) is 22.3 Å². The zero-order valence-electron chi connectivity index (χ0n) is 11.6. The fraction of sp³-hybridized carbons (Fsp3) is 0.125. The van der Waals surface area contributed by atoms with Crippen molar-refractivity contribution in [2.45, 2.75) is 6.92 Å². The van der Waals surface area contributed by atoms with E-state index >= 15 is 0 Å². The smallest absolute Gasteiger partial charge is 0.162 e. The highest BCUT2D eigenvalue weighted by Crippen LogP contribution is 2.29. The maximum atomic E-state index is 13.4. The van der Waals surface area contributed by atoms with E-state index in [0.717, 1.165) is 16.5 Å². The van der Waals surface area contributed by atoms with Crippen LogP contribution in [-0.2, 0) is 0 Å². The Morgan fingerprint density at radius 1 is 1.14 bits per heavy atom. The second-order valence-corrected chi connectivity index (χ2v) is 5.13. The summed E-state index contributed by atoms with van der Waals surface area (Å²) in [6.45, 7) is 1.91. The molecule has 0 atom stereocenters. The molecule has 1 aromatic heterocycles. The number of benzene rings is 2. The Balaban J connectivity index is 2.30. The Morgan fingerprint density at radius 2 is 1.95 bits per heavy atom. The minimum Gasteiger partial charge on any atom is -0.373 e. The SMILES string of the molecule is CNc1nc(-c2cccc(Cl)c2C)nc2cc(F)ccc12. The largest absolute Gasteiger partial charge is 0.373 e. The minimum atomic E-state index is -0.322. The zero-order valence-corrected chi connectivity index (χ0v) is 12.4. The molecule has 5 heteroatoms. The first kappa shape index (κ1) is 13.8. The second-order valence-electron chi connectivity index (χ2n) is 4.72. The van der Waals surface area contributed by atoms with Crippen molar-refractivity contribution in [1.82, 2.24) is 9.97 Å². The van der Waals surface area contributed by atoms with Crippen LogP contribution in [0.3, 0.4) is 0 Å². The van der Waals surface area contributed by atoms with E-state index < -0.39 is 0 Å². The van der Waals surface area contributed by atoms with E-state index in [1.165, 1.54) is 12.1 Å². The van der Waals surface area contributed by atoms with Crippen LogP contribution in [0.4, 0.5) is 10.2 Å². The van der Waals surface area contributed by atoms with Gasteiger partial charge in [-0.05, 0) is 30.7 Å². The lowest BCUT2D eigenvalue weighted by Gasteiger charge is -2.10. The monoisotopic (exact) mass is 301 g/mol. The van der Waals surface area contributed by atoms with Gasteiger partial charge in [0.1, 0.15) is 11.6 Å². The predicted octanol–water partition coefficient (Wildman–Crippen LogP) is 4.44. The Kier molecular flexibility index (Phi) is 3.47. The van der Waals surface area contributed by atoms with Gasteiger partial charge in [-0.25, -0.2) is 14.4 Å². The number of hydrogen-bond donors (Lipinski definition) is 1. The van der Waals surface area contributed by atoms with Gasteiger partial charge < -0.3 is 5.32 Å². The van der Waals surface area contributed by atoms with Crippen molar-refractivity contribution in [3.8, 4) is 11.4 Å². The molecule has 0 saturated carbocycles. The lowest BCUT2D eigenvalue weighted by Crippen LogP contribution is -2.00. The molecule has 0 spiro atoms. The van der Waals surface area contributed by atoms with E-state index in [2.05, 4.69) is 15.3 Å². The molecule has 2 aromatic carbocycles. The Bertz CT molecular complexity index is 833. The van der Waals surface area contributed by atoms with Gasteiger partial charge in [0.05, 0.1) is 5.52 Å². The topological polar surface area (TPSA) is 37.8 Å². The van der Waals surface area contributed by atoms with Crippen molar-refractivity contribution in [2.24, 2.45) is 0 Å². The van der Waals surface area contributed by atoms with Gasteiger partial charge in [0, 0.05) is 29.1 Å². The van der Waals surface area contributed by atoms with Crippen LogP contribution >= 0.6 is 11.6 Å². The van der Waals surface area contributed by atoms with Crippen molar-refractivity contribution in [1.29, 1.82) is 0 Å². The van der Waals surface area contributed by atoms with E-state index in [1.54, 1.807) is 13.1 Å². The van der Waals surface area contributed by atoms with E-state index in [0.29, 0.717) is 22.2 Å². The van der Waals surface area contributed by atoms with Crippen LogP contribution in [0.1, 0.15) is 5.56 Å². The lowest BCUT2D eigenvalue weighted by molar-refractivity contribution is 0.629. The molecule has 0 unspecified atom stereocenters. The van der Waals surface area contributed by atoms with Crippen molar-refractivity contribution in [3.63, 3.8) is 0 Å². The number of halogens is 2. The van der Waals surface area contributed by atoms with Crippen LogP contribution in [0.2, 0.25) is 5.02 Å². The zero-order chi connectivity index (χ0) is 15.0. The molecule has 0 fully saturated rings. The fourth-order valence-corrected chi connectivity index (χ4v) is 2.44. The molecule has 0 aliphatic rings. The first-order chi connectivity index (χ1) is 10.1. The number of rotatable bonds is 2. The minimum absolute atomic E-state index is 0.322. The maximum absolute atomic E-state index is 13.4. The summed E-state index contributed by atoms with van der Waals surface area (Å²) in [4.78, 5) is 8.99. The average Bonchev–Trinajstić information content (AvgIpc) is 2.48. The summed E-state index contributed by atoms with van der Waals surface area (Å²) in [5, 5.41) is 4.46. The number of anilines is 1. The molecule has 3 rings (SSSR count). The predicted molar refractivity (Wildman–Crippen MR) is 84.2 cm³/mol. The van der Waals surface area contributed by atoms with Gasteiger partial charge in [0.15, 0.2) is 5.82 Å². The lowest BCUT2D eigenvalue weighted by atomic mass is 10.1. The van der Waals surface area contributed by atoms with Gasteiger partial charge in [-0.15, -0.1) is 0 Å². The number of fused-ring (bicyclic) bond motifs is 1. The Morgan fingerprint density at radius 3 is 2.71 bits per heavy atom. The molecule has 1 N–H and O–H groups in total. The molecule has 21 heavy (non-hydrogen) atoms. The summed E-state index contributed by atoms with van der Waals surface area (Å²) in [7, 11) is 1.78. The van der Waals surface area contributed by atoms with Crippen LogP contribution < -0.4 is 5.32 Å². The van der Waals surface area contributed by atoms with E-state index in [1.807, 2.05) is 25.1 Å². The molecule has 3 nitrogen and oxygen atoms in total. The molecule has 0 aliphatic carbocycles. The molecule has 0 radical (unpaired) electrons. The first-order valence-corrected chi connectivity index (χ1v) is 6.88. The highest BCUT2D eigenvalue weighted by atomic mass is 35.5. The fourth-order valence-electron chi connectivity index (χ4n) is 2.26. The number of nitrogens with zero attached hydrogens (tertiary/aromatic N) is 2. The maximum Gasteiger partial charge on any atom is 0.162 e. The van der Waals surface area contributed by atoms with E-state index in [9.17, 15) is 4.39 Å². The van der Waals surface area contributed by atoms with E-state index in [-0.39, 0.29) is 5.82 Å². The van der Waals surface area contributed by atoms with Crippen LogP contribution in [0.15, 0.2) is 36.4 Å². The van der Waals surface area contributed by atoms with Crippen molar-refractivity contribution < 1.29 is 4.39 Å². The third-order valence-corrected chi connectivity index (χ3v) is 3.81. The summed E-state index contributed by atoms with van der Waals surface area (Å²) in [6, 6.07) is 10.0. The van der Waals surface area contributed by atoms with E-state index in [4.69, 9.17) is 11.6 Å². The van der Waals surface area contributed by atoms with Crippen molar-refractivity contribution in [3.05, 3.63) is 52.8 Å². The molecule has 0 saturated heterocycles. The quantitative estimate of drug-likeness (QED) is 0.760. The van der Waals surface area contributed by atoms with Gasteiger partial charge in [-0.1, -0.05) is 23.7 Å². The van der Waals surface area contributed by atoms with Gasteiger partial charge in [-0.3, -0.25) is 0 Å².